The Balaban J connectivity index is 1.57. The maximum atomic E-state index is 12.7. The molecule has 3 heterocycles. The monoisotopic (exact) mass is 476 g/mol. The highest BCUT2D eigenvalue weighted by atomic mass is 16.5. The Morgan fingerprint density at radius 1 is 1.00 bits per heavy atom. The quantitative estimate of drug-likeness (QED) is 0.727. The normalized spacial score (nSPS) is 23.4. The number of anilines is 1. The van der Waals surface area contributed by atoms with Crippen LogP contribution in [0.5, 0.6) is 11.5 Å². The van der Waals surface area contributed by atoms with Crippen LogP contribution in [0, 0.1) is 0 Å². The van der Waals surface area contributed by atoms with Crippen LogP contribution in [0.25, 0.3) is 0 Å². The average Bonchev–Trinajstić information content (AvgIpc) is 3.05. The van der Waals surface area contributed by atoms with Crippen LogP contribution in [0.3, 0.4) is 0 Å². The third-order valence-corrected chi connectivity index (χ3v) is 7.41. The predicted molar refractivity (Wildman–Crippen MR) is 135 cm³/mol. The molecular formula is C27H32N4O4. The van der Waals surface area contributed by atoms with Crippen LogP contribution in [0.15, 0.2) is 41.5 Å². The summed E-state index contributed by atoms with van der Waals surface area (Å²) in [6.45, 7) is 1.98. The number of ketones is 1. The van der Waals surface area contributed by atoms with Gasteiger partial charge in [0.05, 0.1) is 26.0 Å². The number of hydrazone groups is 1. The highest BCUT2D eigenvalue weighted by Gasteiger charge is 2.40. The van der Waals surface area contributed by atoms with Gasteiger partial charge in [0.1, 0.15) is 5.78 Å². The van der Waals surface area contributed by atoms with E-state index in [0.717, 1.165) is 35.2 Å². The van der Waals surface area contributed by atoms with Crippen molar-refractivity contribution in [3.8, 4) is 11.5 Å². The molecule has 3 aliphatic heterocycles. The second-order valence-corrected chi connectivity index (χ2v) is 9.55. The summed E-state index contributed by atoms with van der Waals surface area (Å²) in [6, 6.07) is 12.4. The molecule has 2 bridgehead atoms. The van der Waals surface area contributed by atoms with Gasteiger partial charge in [-0.2, -0.15) is 5.10 Å². The largest absolute Gasteiger partial charge is 0.493 e. The molecule has 3 aliphatic rings. The van der Waals surface area contributed by atoms with Crippen molar-refractivity contribution >= 4 is 23.2 Å². The number of piperidine rings is 1. The third kappa shape index (κ3) is 4.11. The molecule has 3 atom stereocenters. The molecule has 0 spiro atoms. The minimum Gasteiger partial charge on any atom is -0.493 e. The topological polar surface area (TPSA) is 83.5 Å². The fraction of sp³-hybridized carbons (Fsp3) is 0.444. The average molecular weight is 477 g/mol. The Morgan fingerprint density at radius 2 is 1.63 bits per heavy atom. The summed E-state index contributed by atoms with van der Waals surface area (Å²) in [6.07, 6.45) is 4.04. The molecule has 2 aromatic carbocycles. The summed E-state index contributed by atoms with van der Waals surface area (Å²) in [7, 11) is 4.85. The maximum Gasteiger partial charge on any atom is 0.337 e. The molecule has 2 amide bonds. The smallest absolute Gasteiger partial charge is 0.337 e. The van der Waals surface area contributed by atoms with Gasteiger partial charge in [-0.25, -0.2) is 9.80 Å². The minimum absolute atomic E-state index is 0.148. The van der Waals surface area contributed by atoms with Gasteiger partial charge in [-0.1, -0.05) is 12.1 Å². The summed E-state index contributed by atoms with van der Waals surface area (Å²) in [5.74, 6) is 1.64. The van der Waals surface area contributed by atoms with Crippen LogP contribution in [-0.2, 0) is 11.2 Å². The lowest BCUT2D eigenvalue weighted by Gasteiger charge is -2.36. The van der Waals surface area contributed by atoms with E-state index in [4.69, 9.17) is 14.6 Å². The van der Waals surface area contributed by atoms with Gasteiger partial charge in [0.2, 0.25) is 0 Å². The third-order valence-electron chi connectivity index (χ3n) is 7.41. The van der Waals surface area contributed by atoms with E-state index < -0.39 is 0 Å². The van der Waals surface area contributed by atoms with E-state index in [1.165, 1.54) is 5.01 Å². The zero-order valence-electron chi connectivity index (χ0n) is 20.7. The van der Waals surface area contributed by atoms with Crippen LogP contribution in [0.2, 0.25) is 0 Å². The lowest BCUT2D eigenvalue weighted by Crippen LogP contribution is -2.43. The van der Waals surface area contributed by atoms with E-state index in [-0.39, 0.29) is 12.1 Å². The number of benzene rings is 2. The molecule has 0 aliphatic carbocycles. The number of nitrogens with one attached hydrogen (secondary N) is 1. The number of nitrogens with zero attached hydrogens (tertiary/aromatic N) is 3. The molecule has 2 aromatic rings. The molecule has 8 heteroatoms. The van der Waals surface area contributed by atoms with Crippen molar-refractivity contribution in [1.29, 1.82) is 0 Å². The van der Waals surface area contributed by atoms with E-state index in [9.17, 15) is 9.59 Å². The summed E-state index contributed by atoms with van der Waals surface area (Å²) in [5.41, 5.74) is 4.70. The van der Waals surface area contributed by atoms with E-state index in [0.29, 0.717) is 54.3 Å². The fourth-order valence-electron chi connectivity index (χ4n) is 5.73. The highest BCUT2D eigenvalue weighted by Crippen LogP contribution is 2.39. The molecule has 35 heavy (non-hydrogen) atoms. The molecule has 5 rings (SSSR count). The first-order valence-electron chi connectivity index (χ1n) is 12.2. The SMILES string of the molecule is CNC(=O)N1N=C(c2ccc(N3C4CCC3CC(=O)C4)cc2)c2cc(OC)c(OC)cc2C[C@@H]1C. The minimum atomic E-state index is -0.257. The van der Waals surface area contributed by atoms with Crippen molar-refractivity contribution in [3.05, 3.63) is 53.1 Å². The Morgan fingerprint density at radius 3 is 2.23 bits per heavy atom. The standard InChI is InChI=1S/C27H32N4O4/c1-16-11-18-12-24(34-3)25(35-4)15-23(18)26(29-31(16)27(33)28-2)17-5-7-19(8-6-17)30-20-9-10-21(30)14-22(32)13-20/h5-8,12,15-16,20-21H,9-11,13-14H2,1-4H3,(H,28,33)/t16-,20?,21?/m0/s1. The molecule has 0 radical (unpaired) electrons. The maximum absolute atomic E-state index is 12.7. The molecular weight excluding hydrogens is 444 g/mol. The van der Waals surface area contributed by atoms with E-state index in [1.807, 2.05) is 19.1 Å². The molecule has 2 saturated heterocycles. The lowest BCUT2D eigenvalue weighted by molar-refractivity contribution is -0.120. The van der Waals surface area contributed by atoms with Crippen LogP contribution in [0.1, 0.15) is 49.3 Å². The first kappa shape index (κ1) is 23.2. The molecule has 0 saturated carbocycles. The summed E-state index contributed by atoms with van der Waals surface area (Å²) < 4.78 is 11.1. The second-order valence-electron chi connectivity index (χ2n) is 9.55. The number of rotatable bonds is 4. The zero-order chi connectivity index (χ0) is 24.7. The van der Waals surface area contributed by atoms with E-state index in [1.54, 1.807) is 21.3 Å². The highest BCUT2D eigenvalue weighted by molar-refractivity contribution is 6.14. The molecule has 184 valence electrons. The predicted octanol–water partition coefficient (Wildman–Crippen LogP) is 3.74. The molecule has 2 fully saturated rings. The first-order valence-corrected chi connectivity index (χ1v) is 12.2. The van der Waals surface area contributed by atoms with Gasteiger partial charge in [-0.05, 0) is 56.0 Å². The second kappa shape index (κ2) is 9.24. The number of ether oxygens (including phenoxy) is 2. The van der Waals surface area contributed by atoms with Gasteiger partial charge < -0.3 is 19.7 Å². The number of Topliss-reactive ketones (excluding diaryl/α,β-unsaturated/α-hetero) is 1. The van der Waals surface area contributed by atoms with Gasteiger partial charge in [-0.3, -0.25) is 4.79 Å². The number of methoxy groups -OCH3 is 2. The fourth-order valence-corrected chi connectivity index (χ4v) is 5.73. The van der Waals surface area contributed by atoms with Crippen molar-refractivity contribution in [3.63, 3.8) is 0 Å². The van der Waals surface area contributed by atoms with Gasteiger partial charge in [-0.15, -0.1) is 0 Å². The number of carbonyl (C=O) groups excluding carboxylic acids is 2. The van der Waals surface area contributed by atoms with Crippen molar-refractivity contribution in [1.82, 2.24) is 10.3 Å². The Bertz CT molecular complexity index is 1160. The molecule has 8 nitrogen and oxygen atoms in total. The molecule has 0 aromatic heterocycles. The Hall–Kier alpha value is -3.55. The Kier molecular flexibility index (Phi) is 6.13. The lowest BCUT2D eigenvalue weighted by atomic mass is 9.93. The number of fused-ring (bicyclic) bond motifs is 3. The van der Waals surface area contributed by atoms with Crippen molar-refractivity contribution in [2.75, 3.05) is 26.2 Å². The zero-order valence-corrected chi connectivity index (χ0v) is 20.7. The number of amides is 2. The van der Waals surface area contributed by atoms with Gasteiger partial charge in [0.25, 0.3) is 0 Å². The molecule has 1 N–H and O–H groups in total. The summed E-state index contributed by atoms with van der Waals surface area (Å²) in [4.78, 5) is 27.2. The van der Waals surface area contributed by atoms with Gasteiger partial charge in [0.15, 0.2) is 11.5 Å². The number of hydrogen-bond acceptors (Lipinski definition) is 6. The van der Waals surface area contributed by atoms with Crippen LogP contribution in [0.4, 0.5) is 10.5 Å². The van der Waals surface area contributed by atoms with Crippen LogP contribution < -0.4 is 19.7 Å². The number of urea groups is 1. The van der Waals surface area contributed by atoms with E-state index >= 15 is 0 Å². The van der Waals surface area contributed by atoms with Gasteiger partial charge >= 0.3 is 6.03 Å². The van der Waals surface area contributed by atoms with Gasteiger partial charge in [0, 0.05) is 48.8 Å². The summed E-state index contributed by atoms with van der Waals surface area (Å²) in [5, 5.41) is 9.07. The Labute approximate surface area is 205 Å². The van der Waals surface area contributed by atoms with Crippen molar-refractivity contribution < 1.29 is 19.1 Å². The van der Waals surface area contributed by atoms with Crippen molar-refractivity contribution in [2.24, 2.45) is 5.10 Å². The number of carbonyl (C=O) groups is 2. The van der Waals surface area contributed by atoms with Crippen LogP contribution >= 0.6 is 0 Å². The van der Waals surface area contributed by atoms with E-state index in [2.05, 4.69) is 34.5 Å². The van der Waals surface area contributed by atoms with Crippen molar-refractivity contribution in [2.45, 2.75) is 57.2 Å². The molecule has 2 unspecified atom stereocenters. The number of hydrogen-bond donors (Lipinski definition) is 1. The first-order chi connectivity index (χ1) is 16.9. The van der Waals surface area contributed by atoms with Crippen LogP contribution in [-0.4, -0.2) is 61.9 Å². The summed E-state index contributed by atoms with van der Waals surface area (Å²) >= 11 is 0.